The molecule has 94 valence electrons. The van der Waals surface area contributed by atoms with Gasteiger partial charge in [0.1, 0.15) is 12.1 Å². The van der Waals surface area contributed by atoms with Crippen LogP contribution in [0.2, 0.25) is 0 Å². The van der Waals surface area contributed by atoms with E-state index in [1.54, 1.807) is 6.07 Å². The van der Waals surface area contributed by atoms with Gasteiger partial charge < -0.3 is 10.1 Å². The topological polar surface area (TPSA) is 47.0 Å². The smallest absolute Gasteiger partial charge is 0.218 e. The zero-order chi connectivity index (χ0) is 12.8. The fourth-order valence-electron chi connectivity index (χ4n) is 1.49. The lowest BCUT2D eigenvalue weighted by atomic mass is 10.2. The number of rotatable bonds is 5. The lowest BCUT2D eigenvalue weighted by Gasteiger charge is -2.08. The molecule has 1 N–H and O–H groups in total. The number of nitrogens with one attached hydrogen (secondary N) is 1. The molecule has 0 bridgehead atoms. The maximum Gasteiger partial charge on any atom is 0.218 e. The van der Waals surface area contributed by atoms with Crippen molar-refractivity contribution >= 4 is 21.7 Å². The number of nitrogens with zero attached hydrogens (tertiary/aromatic N) is 2. The van der Waals surface area contributed by atoms with Gasteiger partial charge in [0.25, 0.3) is 0 Å². The molecule has 1 aromatic carbocycles. The first-order valence-electron chi connectivity index (χ1n) is 5.71. The number of hydrogen-bond donors (Lipinski definition) is 1. The van der Waals surface area contributed by atoms with Gasteiger partial charge >= 0.3 is 0 Å². The van der Waals surface area contributed by atoms with E-state index < -0.39 is 0 Å². The molecule has 1 aromatic heterocycles. The predicted molar refractivity (Wildman–Crippen MR) is 74.7 cm³/mol. The van der Waals surface area contributed by atoms with Crippen LogP contribution < -0.4 is 10.1 Å². The predicted octanol–water partition coefficient (Wildman–Crippen LogP) is 3.25. The summed E-state index contributed by atoms with van der Waals surface area (Å²) in [4.78, 5) is 8.17. The number of ether oxygens (including phenoxy) is 1. The first-order chi connectivity index (χ1) is 8.79. The third-order valence-electron chi connectivity index (χ3n) is 2.35. The van der Waals surface area contributed by atoms with Crippen molar-refractivity contribution in [2.24, 2.45) is 0 Å². The normalized spacial score (nSPS) is 10.1. The average Bonchev–Trinajstić information content (AvgIpc) is 2.39. The van der Waals surface area contributed by atoms with Gasteiger partial charge in [-0.2, -0.15) is 0 Å². The van der Waals surface area contributed by atoms with Crippen LogP contribution >= 0.6 is 15.9 Å². The monoisotopic (exact) mass is 307 g/mol. The molecule has 0 aliphatic rings. The summed E-state index contributed by atoms with van der Waals surface area (Å²) in [6.45, 7) is 3.22. The molecule has 2 rings (SSSR count). The molecule has 2 aromatic rings. The van der Waals surface area contributed by atoms with Crippen molar-refractivity contribution in [3.63, 3.8) is 0 Å². The van der Waals surface area contributed by atoms with Crippen molar-refractivity contribution in [1.82, 2.24) is 9.97 Å². The summed E-state index contributed by atoms with van der Waals surface area (Å²) in [7, 11) is 0. The van der Waals surface area contributed by atoms with Gasteiger partial charge in [0.05, 0.1) is 6.61 Å². The largest absolute Gasteiger partial charge is 0.478 e. The fraction of sp³-hybridized carbons (Fsp3) is 0.231. The molecule has 0 fully saturated rings. The van der Waals surface area contributed by atoms with Gasteiger partial charge in [-0.15, -0.1) is 0 Å². The summed E-state index contributed by atoms with van der Waals surface area (Å²) in [6, 6.07) is 9.86. The van der Waals surface area contributed by atoms with Crippen LogP contribution in [0.4, 0.5) is 5.82 Å². The maximum atomic E-state index is 5.32. The standard InChI is InChI=1S/C13H14BrN3O/c1-2-18-13-7-12(16-9-17-13)15-8-10-5-3-4-6-11(10)14/h3-7,9H,2,8H2,1H3,(H,15,16,17). The lowest BCUT2D eigenvalue weighted by Crippen LogP contribution is -2.03. The third-order valence-corrected chi connectivity index (χ3v) is 3.13. The molecule has 0 atom stereocenters. The second-order valence-electron chi connectivity index (χ2n) is 3.62. The van der Waals surface area contributed by atoms with Crippen molar-refractivity contribution in [3.8, 4) is 5.88 Å². The molecule has 18 heavy (non-hydrogen) atoms. The molecule has 0 spiro atoms. The zero-order valence-corrected chi connectivity index (χ0v) is 11.6. The Morgan fingerprint density at radius 3 is 2.89 bits per heavy atom. The van der Waals surface area contributed by atoms with Crippen LogP contribution in [-0.4, -0.2) is 16.6 Å². The van der Waals surface area contributed by atoms with Crippen molar-refractivity contribution in [1.29, 1.82) is 0 Å². The van der Waals surface area contributed by atoms with E-state index in [9.17, 15) is 0 Å². The van der Waals surface area contributed by atoms with Crippen LogP contribution in [0.25, 0.3) is 0 Å². The van der Waals surface area contributed by atoms with E-state index in [4.69, 9.17) is 4.74 Å². The third kappa shape index (κ3) is 3.43. The van der Waals surface area contributed by atoms with Crippen LogP contribution in [0, 0.1) is 0 Å². The minimum atomic E-state index is 0.585. The first kappa shape index (κ1) is 12.8. The summed E-state index contributed by atoms with van der Waals surface area (Å²) < 4.78 is 6.40. The first-order valence-corrected chi connectivity index (χ1v) is 6.51. The molecule has 0 amide bonds. The van der Waals surface area contributed by atoms with E-state index in [-0.39, 0.29) is 0 Å². The average molecular weight is 308 g/mol. The molecular formula is C13H14BrN3O. The maximum absolute atomic E-state index is 5.32. The van der Waals surface area contributed by atoms with E-state index in [0.29, 0.717) is 19.0 Å². The van der Waals surface area contributed by atoms with Gasteiger partial charge in [-0.1, -0.05) is 34.1 Å². The van der Waals surface area contributed by atoms with Gasteiger partial charge in [0, 0.05) is 17.1 Å². The highest BCUT2D eigenvalue weighted by Gasteiger charge is 2.01. The number of anilines is 1. The van der Waals surface area contributed by atoms with E-state index >= 15 is 0 Å². The van der Waals surface area contributed by atoms with Crippen LogP contribution in [-0.2, 0) is 6.54 Å². The highest BCUT2D eigenvalue weighted by molar-refractivity contribution is 9.10. The number of benzene rings is 1. The van der Waals surface area contributed by atoms with Gasteiger partial charge in [-0.25, -0.2) is 9.97 Å². The number of hydrogen-bond acceptors (Lipinski definition) is 4. The summed E-state index contributed by atoms with van der Waals surface area (Å²) in [5.41, 5.74) is 1.18. The quantitative estimate of drug-likeness (QED) is 0.921. The highest BCUT2D eigenvalue weighted by Crippen LogP contribution is 2.18. The second-order valence-corrected chi connectivity index (χ2v) is 4.47. The van der Waals surface area contributed by atoms with Gasteiger partial charge in [0.2, 0.25) is 5.88 Å². The molecule has 4 nitrogen and oxygen atoms in total. The molecule has 1 heterocycles. The Morgan fingerprint density at radius 2 is 2.11 bits per heavy atom. The second kappa shape index (κ2) is 6.35. The molecule has 5 heteroatoms. The lowest BCUT2D eigenvalue weighted by molar-refractivity contribution is 0.326. The van der Waals surface area contributed by atoms with E-state index in [2.05, 4.69) is 37.3 Å². The summed E-state index contributed by atoms with van der Waals surface area (Å²) in [6.07, 6.45) is 1.49. The molecule has 0 radical (unpaired) electrons. The molecule has 0 unspecified atom stereocenters. The van der Waals surface area contributed by atoms with Crippen LogP contribution in [0.5, 0.6) is 5.88 Å². The molecule has 0 saturated carbocycles. The molecule has 0 saturated heterocycles. The van der Waals surface area contributed by atoms with Gasteiger partial charge in [-0.05, 0) is 18.6 Å². The summed E-state index contributed by atoms with van der Waals surface area (Å²) >= 11 is 3.51. The molecule has 0 aliphatic heterocycles. The van der Waals surface area contributed by atoms with Gasteiger partial charge in [-0.3, -0.25) is 0 Å². The Balaban J connectivity index is 2.02. The Kier molecular flexibility index (Phi) is 4.52. The van der Waals surface area contributed by atoms with Crippen molar-refractivity contribution in [2.45, 2.75) is 13.5 Å². The molecule has 0 aliphatic carbocycles. The Bertz CT molecular complexity index is 519. The highest BCUT2D eigenvalue weighted by atomic mass is 79.9. The summed E-state index contributed by atoms with van der Waals surface area (Å²) in [5, 5.41) is 3.24. The zero-order valence-electron chi connectivity index (χ0n) is 10.1. The Hall–Kier alpha value is -1.62. The van der Waals surface area contributed by atoms with Gasteiger partial charge in [0.15, 0.2) is 0 Å². The van der Waals surface area contributed by atoms with Crippen molar-refractivity contribution in [3.05, 3.63) is 46.7 Å². The van der Waals surface area contributed by atoms with Crippen LogP contribution in [0.15, 0.2) is 41.1 Å². The fourth-order valence-corrected chi connectivity index (χ4v) is 1.92. The number of aromatic nitrogens is 2. The van der Waals surface area contributed by atoms with E-state index in [0.717, 1.165) is 10.3 Å². The van der Waals surface area contributed by atoms with Crippen molar-refractivity contribution in [2.75, 3.05) is 11.9 Å². The Labute approximate surface area is 115 Å². The van der Waals surface area contributed by atoms with E-state index in [1.165, 1.54) is 11.9 Å². The summed E-state index contributed by atoms with van der Waals surface area (Å²) in [5.74, 6) is 1.34. The SMILES string of the molecule is CCOc1cc(NCc2ccccc2Br)ncn1. The van der Waals surface area contributed by atoms with Crippen LogP contribution in [0.1, 0.15) is 12.5 Å². The van der Waals surface area contributed by atoms with Crippen LogP contribution in [0.3, 0.4) is 0 Å². The Morgan fingerprint density at radius 1 is 1.28 bits per heavy atom. The molecular weight excluding hydrogens is 294 g/mol. The van der Waals surface area contributed by atoms with E-state index in [1.807, 2.05) is 25.1 Å². The van der Waals surface area contributed by atoms with Crippen molar-refractivity contribution < 1.29 is 4.74 Å². The minimum absolute atomic E-state index is 0.585. The minimum Gasteiger partial charge on any atom is -0.478 e. The number of halogens is 1.